The zero-order valence-electron chi connectivity index (χ0n) is 22.7. The standard InChI is InChI=1S/C32H40N2O4/c1-25-8-12-29(13-9-25)36-19-16-32(35)33-28(24-34-17-3-4-18-34)23-27-10-14-30(15-11-27)37-20-21-38-31-7-5-6-26(2)22-31/h5-15,22,28H,3-4,16-21,23-24H2,1-2H3,(H,33,35). The molecular formula is C32H40N2O4. The molecule has 6 nitrogen and oxygen atoms in total. The SMILES string of the molecule is Cc1ccc(OCCC(=O)NC(Cc2ccc(OCCOc3cccc(C)c3)cc2)CN2CCCC2)cc1. The van der Waals surface area contributed by atoms with E-state index in [1.54, 1.807) is 0 Å². The van der Waals surface area contributed by atoms with Crippen LogP contribution in [0.2, 0.25) is 0 Å². The average molecular weight is 517 g/mol. The van der Waals surface area contributed by atoms with Gasteiger partial charge in [-0.05, 0) is 93.7 Å². The van der Waals surface area contributed by atoms with E-state index in [1.165, 1.54) is 29.5 Å². The molecule has 0 radical (unpaired) electrons. The number of ether oxygens (including phenoxy) is 3. The quantitative estimate of drug-likeness (QED) is 0.293. The molecule has 0 aliphatic carbocycles. The molecule has 1 unspecified atom stereocenters. The molecule has 1 saturated heterocycles. The van der Waals surface area contributed by atoms with E-state index in [2.05, 4.69) is 22.3 Å². The van der Waals surface area contributed by atoms with Crippen molar-refractivity contribution in [1.29, 1.82) is 0 Å². The average Bonchev–Trinajstić information content (AvgIpc) is 3.42. The van der Waals surface area contributed by atoms with Crippen molar-refractivity contribution >= 4 is 5.91 Å². The van der Waals surface area contributed by atoms with E-state index < -0.39 is 0 Å². The van der Waals surface area contributed by atoms with Gasteiger partial charge in [-0.15, -0.1) is 0 Å². The third kappa shape index (κ3) is 9.42. The van der Waals surface area contributed by atoms with Crippen LogP contribution in [0.4, 0.5) is 0 Å². The first kappa shape index (κ1) is 27.5. The molecule has 0 saturated carbocycles. The van der Waals surface area contributed by atoms with E-state index in [1.807, 2.05) is 74.5 Å². The highest BCUT2D eigenvalue weighted by Gasteiger charge is 2.20. The fourth-order valence-electron chi connectivity index (χ4n) is 4.66. The molecular weight excluding hydrogens is 476 g/mol. The van der Waals surface area contributed by atoms with Crippen molar-refractivity contribution in [3.05, 3.63) is 89.5 Å². The van der Waals surface area contributed by atoms with E-state index in [-0.39, 0.29) is 11.9 Å². The van der Waals surface area contributed by atoms with Gasteiger partial charge in [0, 0.05) is 12.6 Å². The molecule has 1 amide bonds. The Hall–Kier alpha value is -3.51. The van der Waals surface area contributed by atoms with E-state index in [0.717, 1.165) is 43.3 Å². The number of amides is 1. The van der Waals surface area contributed by atoms with E-state index in [0.29, 0.717) is 26.2 Å². The van der Waals surface area contributed by atoms with Gasteiger partial charge in [0.2, 0.25) is 5.91 Å². The van der Waals surface area contributed by atoms with Crippen molar-refractivity contribution in [3.8, 4) is 17.2 Å². The van der Waals surface area contributed by atoms with Gasteiger partial charge in [-0.1, -0.05) is 42.0 Å². The maximum Gasteiger partial charge on any atom is 0.223 e. The Kier molecular flexibility index (Phi) is 10.5. The molecule has 38 heavy (non-hydrogen) atoms. The van der Waals surface area contributed by atoms with Crippen molar-refractivity contribution in [2.24, 2.45) is 0 Å². The first-order chi connectivity index (χ1) is 18.5. The third-order valence-corrected chi connectivity index (χ3v) is 6.68. The van der Waals surface area contributed by atoms with Crippen molar-refractivity contribution in [2.45, 2.75) is 45.6 Å². The minimum Gasteiger partial charge on any atom is -0.493 e. The number of carbonyl (C=O) groups is 1. The van der Waals surface area contributed by atoms with Gasteiger partial charge in [0.25, 0.3) is 0 Å². The summed E-state index contributed by atoms with van der Waals surface area (Å²) in [5, 5.41) is 3.26. The van der Waals surface area contributed by atoms with Crippen LogP contribution < -0.4 is 19.5 Å². The summed E-state index contributed by atoms with van der Waals surface area (Å²) in [6.07, 6.45) is 3.56. The molecule has 1 fully saturated rings. The van der Waals surface area contributed by atoms with Crippen LogP contribution in [0.5, 0.6) is 17.2 Å². The molecule has 1 aliphatic heterocycles. The van der Waals surface area contributed by atoms with Crippen LogP contribution in [0.3, 0.4) is 0 Å². The Morgan fingerprint density at radius 3 is 2.11 bits per heavy atom. The minimum absolute atomic E-state index is 0.0230. The molecule has 3 aromatic rings. The van der Waals surface area contributed by atoms with Gasteiger partial charge in [-0.3, -0.25) is 4.79 Å². The molecule has 1 aliphatic rings. The van der Waals surface area contributed by atoms with Crippen LogP contribution in [0.15, 0.2) is 72.8 Å². The molecule has 0 aromatic heterocycles. The molecule has 1 heterocycles. The number of benzene rings is 3. The Labute approximate surface area is 226 Å². The smallest absolute Gasteiger partial charge is 0.223 e. The summed E-state index contributed by atoms with van der Waals surface area (Å²) >= 11 is 0. The van der Waals surface area contributed by atoms with Gasteiger partial charge >= 0.3 is 0 Å². The zero-order chi connectivity index (χ0) is 26.6. The van der Waals surface area contributed by atoms with Crippen LogP contribution >= 0.6 is 0 Å². The Balaban J connectivity index is 1.23. The molecule has 3 aromatic carbocycles. The summed E-state index contributed by atoms with van der Waals surface area (Å²) in [4.78, 5) is 15.2. The second-order valence-electron chi connectivity index (χ2n) is 10.0. The van der Waals surface area contributed by atoms with Gasteiger partial charge in [-0.2, -0.15) is 0 Å². The Bertz CT molecular complexity index is 1120. The minimum atomic E-state index is 0.0230. The Morgan fingerprint density at radius 2 is 1.42 bits per heavy atom. The lowest BCUT2D eigenvalue weighted by Gasteiger charge is -2.25. The number of carbonyl (C=O) groups excluding carboxylic acids is 1. The number of aryl methyl sites for hydroxylation is 2. The molecule has 1 atom stereocenters. The highest BCUT2D eigenvalue weighted by molar-refractivity contribution is 5.76. The summed E-state index contributed by atoms with van der Waals surface area (Å²) in [6, 6.07) is 24.1. The molecule has 6 heteroatoms. The molecule has 1 N–H and O–H groups in total. The lowest BCUT2D eigenvalue weighted by Crippen LogP contribution is -2.44. The predicted octanol–water partition coefficient (Wildman–Crippen LogP) is 5.35. The van der Waals surface area contributed by atoms with Gasteiger partial charge in [0.15, 0.2) is 0 Å². The van der Waals surface area contributed by atoms with Gasteiger partial charge in [0.1, 0.15) is 30.5 Å². The van der Waals surface area contributed by atoms with Crippen LogP contribution in [-0.4, -0.2) is 56.3 Å². The second-order valence-corrected chi connectivity index (χ2v) is 10.0. The topological polar surface area (TPSA) is 60.0 Å². The molecule has 0 bridgehead atoms. The van der Waals surface area contributed by atoms with Gasteiger partial charge in [-0.25, -0.2) is 0 Å². The number of hydrogen-bond donors (Lipinski definition) is 1. The fourth-order valence-corrected chi connectivity index (χ4v) is 4.66. The largest absolute Gasteiger partial charge is 0.493 e. The Morgan fingerprint density at radius 1 is 0.789 bits per heavy atom. The van der Waals surface area contributed by atoms with E-state index >= 15 is 0 Å². The first-order valence-corrected chi connectivity index (χ1v) is 13.7. The maximum absolute atomic E-state index is 12.7. The van der Waals surface area contributed by atoms with E-state index in [4.69, 9.17) is 14.2 Å². The van der Waals surface area contributed by atoms with Crippen LogP contribution in [0.1, 0.15) is 36.0 Å². The van der Waals surface area contributed by atoms with Crippen molar-refractivity contribution in [3.63, 3.8) is 0 Å². The number of rotatable bonds is 14. The van der Waals surface area contributed by atoms with Crippen LogP contribution in [0.25, 0.3) is 0 Å². The number of hydrogen-bond acceptors (Lipinski definition) is 5. The highest BCUT2D eigenvalue weighted by atomic mass is 16.5. The summed E-state index contributed by atoms with van der Waals surface area (Å²) in [5.74, 6) is 2.49. The predicted molar refractivity (Wildman–Crippen MR) is 151 cm³/mol. The van der Waals surface area contributed by atoms with Crippen molar-refractivity contribution in [1.82, 2.24) is 10.2 Å². The number of nitrogens with zero attached hydrogens (tertiary/aromatic N) is 1. The van der Waals surface area contributed by atoms with Crippen LogP contribution in [0, 0.1) is 13.8 Å². The number of likely N-dealkylation sites (tertiary alicyclic amines) is 1. The summed E-state index contributed by atoms with van der Waals surface area (Å²) in [7, 11) is 0. The number of nitrogens with one attached hydrogen (secondary N) is 1. The first-order valence-electron chi connectivity index (χ1n) is 13.7. The summed E-state index contributed by atoms with van der Waals surface area (Å²) in [5.41, 5.74) is 3.54. The van der Waals surface area contributed by atoms with E-state index in [9.17, 15) is 4.79 Å². The highest BCUT2D eigenvalue weighted by Crippen LogP contribution is 2.17. The van der Waals surface area contributed by atoms with Gasteiger partial charge < -0.3 is 24.4 Å². The van der Waals surface area contributed by atoms with Gasteiger partial charge in [0.05, 0.1) is 13.0 Å². The molecule has 4 rings (SSSR count). The monoisotopic (exact) mass is 516 g/mol. The molecule has 202 valence electrons. The lowest BCUT2D eigenvalue weighted by molar-refractivity contribution is -0.122. The second kappa shape index (κ2) is 14.4. The normalized spacial score (nSPS) is 14.2. The van der Waals surface area contributed by atoms with Crippen molar-refractivity contribution < 1.29 is 19.0 Å². The summed E-state index contributed by atoms with van der Waals surface area (Å²) in [6.45, 7) is 8.48. The zero-order valence-corrected chi connectivity index (χ0v) is 22.7. The van der Waals surface area contributed by atoms with Crippen molar-refractivity contribution in [2.75, 3.05) is 39.5 Å². The summed E-state index contributed by atoms with van der Waals surface area (Å²) < 4.78 is 17.4. The van der Waals surface area contributed by atoms with Crippen LogP contribution in [-0.2, 0) is 11.2 Å². The fraction of sp³-hybridized carbons (Fsp3) is 0.406. The maximum atomic E-state index is 12.7. The molecule has 0 spiro atoms. The lowest BCUT2D eigenvalue weighted by atomic mass is 10.0. The third-order valence-electron chi connectivity index (χ3n) is 6.68.